The van der Waals surface area contributed by atoms with Crippen LogP contribution >= 0.6 is 0 Å². The van der Waals surface area contributed by atoms with Gasteiger partial charge in [-0.1, -0.05) is 6.42 Å². The van der Waals surface area contributed by atoms with E-state index in [2.05, 4.69) is 0 Å². The van der Waals surface area contributed by atoms with Gasteiger partial charge in [0.05, 0.1) is 6.10 Å². The minimum absolute atomic E-state index is 0.0752. The maximum Gasteiger partial charge on any atom is 0.434 e. The lowest BCUT2D eigenvalue weighted by Crippen LogP contribution is -2.60. The molecule has 3 saturated carbocycles. The summed E-state index contributed by atoms with van der Waals surface area (Å²) in [6, 6.07) is 0. The second kappa shape index (κ2) is 9.00. The van der Waals surface area contributed by atoms with E-state index in [1.165, 1.54) is 0 Å². The van der Waals surface area contributed by atoms with Crippen molar-refractivity contribution >= 4 is 36.3 Å². The fourth-order valence-electron chi connectivity index (χ4n) is 6.16. The number of piperazine rings is 1. The maximum absolute atomic E-state index is 14.6. The molecule has 0 N–H and O–H groups in total. The van der Waals surface area contributed by atoms with E-state index in [0.717, 1.165) is 31.1 Å². The van der Waals surface area contributed by atoms with Crippen LogP contribution in [0.2, 0.25) is 0 Å². The van der Waals surface area contributed by atoms with Crippen LogP contribution in [0.4, 0.5) is 17.6 Å². The van der Waals surface area contributed by atoms with Gasteiger partial charge in [0.1, 0.15) is 0 Å². The van der Waals surface area contributed by atoms with E-state index < -0.39 is 66.0 Å². The smallest absolute Gasteiger partial charge is 0.406 e. The van der Waals surface area contributed by atoms with Gasteiger partial charge in [-0.15, -0.1) is 0 Å². The topological polar surface area (TPSA) is 149 Å². The Kier molecular flexibility index (Phi) is 6.98. The zero-order valence-electron chi connectivity index (χ0n) is 19.1. The van der Waals surface area contributed by atoms with Crippen molar-refractivity contribution in [1.82, 2.24) is 9.21 Å². The molecule has 0 aromatic carbocycles. The van der Waals surface area contributed by atoms with Crippen LogP contribution in [0.25, 0.3) is 4.13 Å². The molecule has 11 nitrogen and oxygen atoms in total. The molecule has 0 aromatic heterocycles. The number of nitrogens with zero attached hydrogens (tertiary/aromatic N) is 3. The molecular weight excluding hydrogens is 558 g/mol. The maximum atomic E-state index is 14.6. The van der Waals surface area contributed by atoms with E-state index in [9.17, 15) is 47.6 Å². The van der Waals surface area contributed by atoms with E-state index >= 15 is 0 Å². The summed E-state index contributed by atoms with van der Waals surface area (Å²) in [6.45, 7) is -1.23. The van der Waals surface area contributed by atoms with Crippen LogP contribution in [-0.2, 0) is 39.3 Å². The van der Waals surface area contributed by atoms with Crippen molar-refractivity contribution in [3.8, 4) is 0 Å². The molecule has 1 heterocycles. The third kappa shape index (κ3) is 4.44. The number of halogens is 4. The van der Waals surface area contributed by atoms with Crippen molar-refractivity contribution < 1.29 is 51.8 Å². The minimum Gasteiger partial charge on any atom is -0.406 e. The standard InChI is InChI=1S/C18H26F4N3O8S3/c1-11(26)24-5-7-25(8-6-24)35(29,30)18(21,22)17(19,20)34(27,28)23-36(31,32)33-16-10-12-9-15(16)14-4-2-3-13(12)14/h12-16H,2-10H2,1H3/q-1. The lowest BCUT2D eigenvalue weighted by Gasteiger charge is -2.38. The molecule has 5 unspecified atom stereocenters. The quantitative estimate of drug-likeness (QED) is 0.389. The third-order valence-corrected chi connectivity index (χ3v) is 12.8. The Bertz CT molecular complexity index is 1220. The van der Waals surface area contributed by atoms with Crippen LogP contribution < -0.4 is 0 Å². The first-order valence-corrected chi connectivity index (χ1v) is 15.6. The Morgan fingerprint density at radius 2 is 1.44 bits per heavy atom. The van der Waals surface area contributed by atoms with Gasteiger partial charge in [-0.3, -0.25) is 8.98 Å². The summed E-state index contributed by atoms with van der Waals surface area (Å²) in [5, 5.41) is -12.7. The van der Waals surface area contributed by atoms with E-state index in [-0.39, 0.29) is 41.6 Å². The van der Waals surface area contributed by atoms with Crippen molar-refractivity contribution in [2.75, 3.05) is 26.2 Å². The number of hydrogen-bond donors (Lipinski definition) is 0. The van der Waals surface area contributed by atoms with E-state index in [4.69, 9.17) is 4.18 Å². The molecule has 5 atom stereocenters. The molecule has 0 aromatic rings. The van der Waals surface area contributed by atoms with Crippen LogP contribution in [0, 0.1) is 23.7 Å². The summed E-state index contributed by atoms with van der Waals surface area (Å²) < 4.78 is 138. The van der Waals surface area contributed by atoms with E-state index in [1.54, 1.807) is 0 Å². The molecule has 4 rings (SSSR count). The molecule has 208 valence electrons. The van der Waals surface area contributed by atoms with Crippen molar-refractivity contribution in [2.45, 2.75) is 55.6 Å². The summed E-state index contributed by atoms with van der Waals surface area (Å²) in [6.07, 6.45) is 2.60. The highest BCUT2D eigenvalue weighted by molar-refractivity contribution is 8.11. The lowest BCUT2D eigenvalue weighted by molar-refractivity contribution is -0.130. The Balaban J connectivity index is 1.48. The summed E-state index contributed by atoms with van der Waals surface area (Å²) in [5.74, 6) is -0.0664. The molecule has 0 radical (unpaired) electrons. The SMILES string of the molecule is CC(=O)N1CCN(S(=O)(=O)C(F)(F)C(F)(F)S(=O)(=O)[N-]S(=O)(=O)OC2CC3CC2C2CCCC32)CC1. The molecule has 4 aliphatic rings. The second-order valence-electron chi connectivity index (χ2n) is 9.71. The molecule has 0 spiro atoms. The number of hydrogen-bond acceptors (Lipinski definition) is 8. The normalized spacial score (nSPS) is 32.1. The molecule has 4 fully saturated rings. The number of sulfonamides is 2. The van der Waals surface area contributed by atoms with Crippen LogP contribution in [0.15, 0.2) is 0 Å². The average Bonchev–Trinajstić information content (AvgIpc) is 3.46. The van der Waals surface area contributed by atoms with Gasteiger partial charge < -0.3 is 9.03 Å². The zero-order valence-corrected chi connectivity index (χ0v) is 21.5. The van der Waals surface area contributed by atoms with Gasteiger partial charge in [-0.2, -0.15) is 21.9 Å². The summed E-state index contributed by atoms with van der Waals surface area (Å²) >= 11 is 0. The molecule has 1 aliphatic heterocycles. The first-order chi connectivity index (χ1) is 16.4. The Labute approximate surface area is 206 Å². The largest absolute Gasteiger partial charge is 0.434 e. The second-order valence-corrected chi connectivity index (χ2v) is 14.8. The fraction of sp³-hybridized carbons (Fsp3) is 0.944. The van der Waals surface area contributed by atoms with Crippen LogP contribution in [0.1, 0.15) is 39.0 Å². The highest BCUT2D eigenvalue weighted by Crippen LogP contribution is 2.60. The van der Waals surface area contributed by atoms with Gasteiger partial charge in [0.25, 0.3) is 10.0 Å². The first kappa shape index (κ1) is 27.9. The van der Waals surface area contributed by atoms with Gasteiger partial charge >= 0.3 is 10.5 Å². The van der Waals surface area contributed by atoms with Gasteiger partial charge in [0.15, 0.2) is 10.0 Å². The number of carbonyl (C=O) groups is 1. The number of rotatable bonds is 8. The molecule has 1 saturated heterocycles. The monoisotopic (exact) mass is 584 g/mol. The Hall–Kier alpha value is -1.08. The Morgan fingerprint density at radius 3 is 2.03 bits per heavy atom. The highest BCUT2D eigenvalue weighted by atomic mass is 32.3. The van der Waals surface area contributed by atoms with Crippen molar-refractivity contribution in [3.63, 3.8) is 0 Å². The molecule has 3 aliphatic carbocycles. The molecule has 2 bridgehead atoms. The predicted octanol–water partition coefficient (Wildman–Crippen LogP) is 1.46. The summed E-state index contributed by atoms with van der Waals surface area (Å²) in [4.78, 5) is 12.4. The predicted molar refractivity (Wildman–Crippen MR) is 116 cm³/mol. The van der Waals surface area contributed by atoms with Crippen LogP contribution in [0.3, 0.4) is 0 Å². The number of carbonyl (C=O) groups excluding carboxylic acids is 1. The highest BCUT2D eigenvalue weighted by Gasteiger charge is 2.72. The van der Waals surface area contributed by atoms with Crippen LogP contribution in [-0.4, -0.2) is 83.2 Å². The minimum atomic E-state index is -6.94. The van der Waals surface area contributed by atoms with Gasteiger partial charge in [0.2, 0.25) is 16.2 Å². The molecule has 36 heavy (non-hydrogen) atoms. The summed E-state index contributed by atoms with van der Waals surface area (Å²) in [7, 11) is -18.9. The first-order valence-electron chi connectivity index (χ1n) is 11.3. The van der Waals surface area contributed by atoms with E-state index in [0.29, 0.717) is 12.3 Å². The molecule has 18 heteroatoms. The third-order valence-electron chi connectivity index (χ3n) is 7.81. The van der Waals surface area contributed by atoms with Crippen molar-refractivity contribution in [3.05, 3.63) is 4.13 Å². The molecular formula is C18H26F4N3O8S3-. The van der Waals surface area contributed by atoms with Gasteiger partial charge in [-0.25, -0.2) is 25.3 Å². The van der Waals surface area contributed by atoms with Crippen LogP contribution in [0.5, 0.6) is 0 Å². The zero-order chi connectivity index (χ0) is 26.9. The fourth-order valence-corrected chi connectivity index (χ4v) is 10.4. The average molecular weight is 585 g/mol. The van der Waals surface area contributed by atoms with Gasteiger partial charge in [-0.05, 0) is 49.4 Å². The van der Waals surface area contributed by atoms with Gasteiger partial charge in [0, 0.05) is 33.1 Å². The Morgan fingerprint density at radius 1 is 0.861 bits per heavy atom. The van der Waals surface area contributed by atoms with E-state index in [1.807, 2.05) is 4.13 Å². The number of fused-ring (bicyclic) bond motifs is 5. The van der Waals surface area contributed by atoms with Crippen molar-refractivity contribution in [1.29, 1.82) is 0 Å². The van der Waals surface area contributed by atoms with Crippen molar-refractivity contribution in [2.24, 2.45) is 23.7 Å². The summed E-state index contributed by atoms with van der Waals surface area (Å²) in [5.41, 5.74) is 0. The number of alkyl halides is 4. The molecule has 1 amide bonds. The lowest BCUT2D eigenvalue weighted by atomic mass is 9.80. The number of amides is 1.